The monoisotopic (exact) mass is 606 g/mol. The van der Waals surface area contributed by atoms with Crippen molar-refractivity contribution < 1.29 is 28.2 Å². The van der Waals surface area contributed by atoms with E-state index in [9.17, 15) is 14.3 Å². The number of aryl methyl sites for hydroxylation is 1. The molecule has 9 nitrogen and oxygen atoms in total. The molecular formula is C34H43FN4O5. The van der Waals surface area contributed by atoms with Crippen LogP contribution < -0.4 is 10.1 Å². The van der Waals surface area contributed by atoms with Gasteiger partial charge in [-0.2, -0.15) is 0 Å². The van der Waals surface area contributed by atoms with Crippen molar-refractivity contribution in [2.45, 2.75) is 63.6 Å². The van der Waals surface area contributed by atoms with E-state index in [1.165, 1.54) is 6.07 Å². The molecule has 0 bridgehead atoms. The molecular weight excluding hydrogens is 563 g/mol. The van der Waals surface area contributed by atoms with Crippen LogP contribution in [-0.2, 0) is 9.53 Å². The molecule has 2 heterocycles. The van der Waals surface area contributed by atoms with Crippen LogP contribution in [-0.4, -0.2) is 83.4 Å². The summed E-state index contributed by atoms with van der Waals surface area (Å²) in [6.07, 6.45) is 5.44. The number of methoxy groups -OCH3 is 1. The van der Waals surface area contributed by atoms with Crippen molar-refractivity contribution in [1.82, 2.24) is 20.1 Å². The van der Waals surface area contributed by atoms with E-state index in [4.69, 9.17) is 13.9 Å². The molecule has 10 heteroatoms. The van der Waals surface area contributed by atoms with E-state index in [-0.39, 0.29) is 37.0 Å². The van der Waals surface area contributed by atoms with Gasteiger partial charge in [0.05, 0.1) is 25.0 Å². The number of benzene rings is 2. The van der Waals surface area contributed by atoms with Gasteiger partial charge in [-0.3, -0.25) is 4.79 Å². The molecule has 1 aromatic heterocycles. The molecule has 1 saturated heterocycles. The first-order chi connectivity index (χ1) is 21.3. The van der Waals surface area contributed by atoms with Gasteiger partial charge >= 0.3 is 0 Å². The number of rotatable bonds is 11. The summed E-state index contributed by atoms with van der Waals surface area (Å²) in [6.45, 7) is 9.87. The van der Waals surface area contributed by atoms with Gasteiger partial charge in [0.2, 0.25) is 0 Å². The molecule has 1 aliphatic heterocycles. The molecule has 2 fully saturated rings. The van der Waals surface area contributed by atoms with Gasteiger partial charge in [-0.05, 0) is 31.5 Å². The maximum atomic E-state index is 14.7. The Balaban J connectivity index is 1.40. The highest BCUT2D eigenvalue weighted by Gasteiger charge is 2.43. The van der Waals surface area contributed by atoms with Crippen LogP contribution in [0.2, 0.25) is 0 Å². The lowest BCUT2D eigenvalue weighted by Gasteiger charge is -2.46. The molecule has 0 spiro atoms. The number of halogens is 1. The first kappa shape index (κ1) is 31.7. The van der Waals surface area contributed by atoms with Gasteiger partial charge in [-0.25, -0.2) is 9.37 Å². The minimum Gasteiger partial charge on any atom is -0.490 e. The smallest absolute Gasteiger partial charge is 0.251 e. The van der Waals surface area contributed by atoms with Crippen LogP contribution in [0, 0.1) is 12.7 Å². The number of fused-ring (bicyclic) bond motifs is 1. The molecule has 2 N–H and O–H groups in total. The number of aliphatic hydroxyl groups is 1. The number of hydrogen-bond acceptors (Lipinski definition) is 8. The second kappa shape index (κ2) is 13.9. The van der Waals surface area contributed by atoms with E-state index in [1.807, 2.05) is 47.1 Å². The van der Waals surface area contributed by atoms with Crippen LogP contribution >= 0.6 is 0 Å². The van der Waals surface area contributed by atoms with Gasteiger partial charge in [0, 0.05) is 63.8 Å². The summed E-state index contributed by atoms with van der Waals surface area (Å²) in [7, 11) is 1.60. The van der Waals surface area contributed by atoms with E-state index >= 15 is 0 Å². The summed E-state index contributed by atoms with van der Waals surface area (Å²) >= 11 is 0. The lowest BCUT2D eigenvalue weighted by Crippen LogP contribution is -2.56. The minimum atomic E-state index is -1.08. The minimum absolute atomic E-state index is 0.0982. The van der Waals surface area contributed by atoms with E-state index in [1.54, 1.807) is 26.3 Å². The van der Waals surface area contributed by atoms with Crippen molar-refractivity contribution in [3.8, 4) is 5.75 Å². The quantitative estimate of drug-likeness (QED) is 0.293. The zero-order valence-corrected chi connectivity index (χ0v) is 25.9. The number of nitrogens with zero attached hydrogens (tertiary/aromatic N) is 3. The van der Waals surface area contributed by atoms with Crippen molar-refractivity contribution in [3.05, 3.63) is 78.1 Å². The Morgan fingerprint density at radius 2 is 2.11 bits per heavy atom. The molecule has 2 aliphatic rings. The maximum Gasteiger partial charge on any atom is 0.251 e. The van der Waals surface area contributed by atoms with E-state index < -0.39 is 11.4 Å². The fourth-order valence-electron chi connectivity index (χ4n) is 6.61. The van der Waals surface area contributed by atoms with Crippen molar-refractivity contribution >= 4 is 22.7 Å². The summed E-state index contributed by atoms with van der Waals surface area (Å²) in [5, 5.41) is 15.1. The molecule has 3 atom stereocenters. The Morgan fingerprint density at radius 1 is 1.32 bits per heavy atom. The van der Waals surface area contributed by atoms with Gasteiger partial charge in [0.15, 0.2) is 23.0 Å². The number of carbonyl (C=O) groups is 1. The number of aromatic nitrogens is 1. The third-order valence-corrected chi connectivity index (χ3v) is 8.73. The molecule has 0 radical (unpaired) electrons. The Kier molecular flexibility index (Phi) is 10.0. The third-order valence-electron chi connectivity index (χ3n) is 8.73. The Morgan fingerprint density at radius 3 is 2.86 bits per heavy atom. The zero-order chi connectivity index (χ0) is 31.3. The van der Waals surface area contributed by atoms with Crippen LogP contribution in [0.4, 0.5) is 4.39 Å². The fraction of sp³-hybridized carbons (Fsp3) is 0.471. The van der Waals surface area contributed by atoms with E-state index in [0.29, 0.717) is 55.0 Å². The SMILES string of the molecule is C=CN(/C(=C(\C)C(=O)N1CCNC[C@H]1CCOc1cc2nc(C)oc2cc1F)c1ccccc1)[C@@H]1CCCC[C@@]1(O)COC. The van der Waals surface area contributed by atoms with Gasteiger partial charge in [-0.1, -0.05) is 49.8 Å². The molecule has 5 rings (SSSR count). The van der Waals surface area contributed by atoms with Gasteiger partial charge in [0.25, 0.3) is 5.91 Å². The third kappa shape index (κ3) is 6.67. The second-order valence-electron chi connectivity index (χ2n) is 11.7. The average Bonchev–Trinajstić information content (AvgIpc) is 3.39. The van der Waals surface area contributed by atoms with Crippen molar-refractivity contribution in [2.24, 2.45) is 0 Å². The number of amides is 1. The Labute approximate surface area is 258 Å². The molecule has 44 heavy (non-hydrogen) atoms. The number of ether oxygens (including phenoxy) is 2. The topological polar surface area (TPSA) is 100 Å². The number of oxazole rings is 1. The predicted molar refractivity (Wildman–Crippen MR) is 167 cm³/mol. The summed E-state index contributed by atoms with van der Waals surface area (Å²) in [6, 6.07) is 12.1. The average molecular weight is 607 g/mol. The molecule has 0 unspecified atom stereocenters. The Hall–Kier alpha value is -3.73. The molecule has 2 aromatic carbocycles. The lowest BCUT2D eigenvalue weighted by atomic mass is 9.79. The predicted octanol–water partition coefficient (Wildman–Crippen LogP) is 5.04. The maximum absolute atomic E-state index is 14.7. The normalized spacial score (nSPS) is 22.9. The number of piperazine rings is 1. The first-order valence-corrected chi connectivity index (χ1v) is 15.4. The largest absolute Gasteiger partial charge is 0.490 e. The molecule has 1 aliphatic carbocycles. The summed E-state index contributed by atoms with van der Waals surface area (Å²) in [4.78, 5) is 22.4. The molecule has 1 saturated carbocycles. The van der Waals surface area contributed by atoms with Crippen LogP contribution in [0.1, 0.15) is 50.5 Å². The number of nitrogens with one attached hydrogen (secondary N) is 1. The fourth-order valence-corrected chi connectivity index (χ4v) is 6.61. The van der Waals surface area contributed by atoms with Crippen LogP contribution in [0.5, 0.6) is 5.75 Å². The summed E-state index contributed by atoms with van der Waals surface area (Å²) in [5.74, 6) is -0.0547. The zero-order valence-electron chi connectivity index (χ0n) is 25.9. The highest BCUT2D eigenvalue weighted by atomic mass is 19.1. The van der Waals surface area contributed by atoms with E-state index in [0.717, 1.165) is 30.5 Å². The highest BCUT2D eigenvalue weighted by Crippen LogP contribution is 2.38. The van der Waals surface area contributed by atoms with Gasteiger partial charge in [0.1, 0.15) is 11.1 Å². The molecule has 1 amide bonds. The number of carbonyl (C=O) groups excluding carboxylic acids is 1. The van der Waals surface area contributed by atoms with Crippen molar-refractivity contribution in [3.63, 3.8) is 0 Å². The molecule has 236 valence electrons. The summed E-state index contributed by atoms with van der Waals surface area (Å²) < 4.78 is 31.4. The van der Waals surface area contributed by atoms with Crippen molar-refractivity contribution in [1.29, 1.82) is 0 Å². The lowest BCUT2D eigenvalue weighted by molar-refractivity contribution is -0.130. The highest BCUT2D eigenvalue weighted by molar-refractivity contribution is 6.00. The van der Waals surface area contributed by atoms with Gasteiger partial charge < -0.3 is 34.1 Å². The van der Waals surface area contributed by atoms with Crippen LogP contribution in [0.15, 0.2) is 65.2 Å². The van der Waals surface area contributed by atoms with Crippen LogP contribution in [0.25, 0.3) is 16.8 Å². The second-order valence-corrected chi connectivity index (χ2v) is 11.7. The first-order valence-electron chi connectivity index (χ1n) is 15.4. The Bertz CT molecular complexity index is 1490. The van der Waals surface area contributed by atoms with E-state index in [2.05, 4.69) is 16.9 Å². The summed E-state index contributed by atoms with van der Waals surface area (Å²) in [5.41, 5.74) is 1.98. The molecule has 3 aromatic rings. The standard InChI is InChI=1S/C34H43FN4O5/c1-5-38(31-13-9-10-15-34(31,41)22-42-4)32(25-11-7-6-8-12-25)23(2)33(40)39-17-16-36-21-26(39)14-18-43-29-20-28-30(19-27(29)35)44-24(3)37-28/h5-8,11-12,19-20,26,31,36,41H,1,9-10,13-18,21-22H2,2-4H3/b32-23+/t26-,31-,34-/m1/s1. The van der Waals surface area contributed by atoms with Crippen LogP contribution in [0.3, 0.4) is 0 Å². The number of hydrogen-bond donors (Lipinski definition) is 2. The van der Waals surface area contributed by atoms with Gasteiger partial charge in [-0.15, -0.1) is 0 Å². The van der Waals surface area contributed by atoms with Crippen molar-refractivity contribution in [2.75, 3.05) is 40.0 Å².